The number of benzene rings is 2. The average Bonchev–Trinajstić information content (AvgIpc) is 2.38. The maximum absolute atomic E-state index is 6.55. The highest BCUT2D eigenvalue weighted by molar-refractivity contribution is 9.10. The maximum atomic E-state index is 6.55. The number of alkyl halides is 1. The topological polar surface area (TPSA) is 0 Å². The van der Waals surface area contributed by atoms with Crippen LogP contribution in [0.25, 0.3) is 0 Å². The van der Waals surface area contributed by atoms with Crippen LogP contribution < -0.4 is 0 Å². The second kappa shape index (κ2) is 6.98. The van der Waals surface area contributed by atoms with E-state index in [-0.39, 0.29) is 5.38 Å². The van der Waals surface area contributed by atoms with Gasteiger partial charge >= 0.3 is 0 Å². The highest BCUT2D eigenvalue weighted by atomic mass is 79.9. The summed E-state index contributed by atoms with van der Waals surface area (Å²) in [7, 11) is 0. The summed E-state index contributed by atoms with van der Waals surface area (Å²) in [6, 6.07) is 14.3. The maximum Gasteiger partial charge on any atom is 0.0849 e. The molecule has 0 radical (unpaired) electrons. The molecule has 0 saturated carbocycles. The van der Waals surface area contributed by atoms with Gasteiger partial charge in [0, 0.05) is 9.50 Å². The Morgan fingerprint density at radius 3 is 2.25 bits per heavy atom. The first kappa shape index (κ1) is 15.9. The fraction of sp³-hybridized carbons (Fsp3) is 0.294. The molecule has 0 aliphatic heterocycles. The van der Waals surface area contributed by atoms with E-state index in [0.29, 0.717) is 10.9 Å². The van der Waals surface area contributed by atoms with Crippen LogP contribution in [0.5, 0.6) is 0 Å². The van der Waals surface area contributed by atoms with Crippen molar-refractivity contribution in [2.45, 2.75) is 25.6 Å². The summed E-state index contributed by atoms with van der Waals surface area (Å²) in [6.07, 6.45) is 1.09. The Labute approximate surface area is 139 Å². The Kier molecular flexibility index (Phi) is 5.54. The number of halogens is 3. The molecule has 0 nitrogen and oxygen atoms in total. The Morgan fingerprint density at radius 2 is 1.70 bits per heavy atom. The molecule has 2 aromatic rings. The zero-order valence-corrected chi connectivity index (χ0v) is 14.6. The third-order valence-corrected chi connectivity index (χ3v) is 4.46. The normalized spacial score (nSPS) is 12.7. The minimum absolute atomic E-state index is 0.219. The predicted octanol–water partition coefficient (Wildman–Crippen LogP) is 6.63. The molecule has 106 valence electrons. The van der Waals surface area contributed by atoms with Crippen LogP contribution in [0.1, 0.15) is 35.9 Å². The smallest absolute Gasteiger partial charge is 0.0849 e. The summed E-state index contributed by atoms with van der Waals surface area (Å²) in [5, 5.41) is 0.467. The first-order valence-electron chi connectivity index (χ1n) is 6.65. The fourth-order valence-corrected chi connectivity index (χ4v) is 3.35. The van der Waals surface area contributed by atoms with Crippen LogP contribution in [0, 0.1) is 5.92 Å². The molecule has 0 bridgehead atoms. The van der Waals surface area contributed by atoms with Crippen molar-refractivity contribution in [2.24, 2.45) is 5.92 Å². The summed E-state index contributed by atoms with van der Waals surface area (Å²) < 4.78 is 0.961. The van der Waals surface area contributed by atoms with Crippen LogP contribution in [0.15, 0.2) is 46.9 Å². The lowest BCUT2D eigenvalue weighted by Gasteiger charge is -2.13. The van der Waals surface area contributed by atoms with Gasteiger partial charge in [-0.05, 0) is 41.2 Å². The van der Waals surface area contributed by atoms with E-state index >= 15 is 0 Å². The van der Waals surface area contributed by atoms with E-state index in [1.165, 1.54) is 5.56 Å². The molecule has 0 aliphatic carbocycles. The van der Waals surface area contributed by atoms with Gasteiger partial charge in [-0.15, -0.1) is 11.6 Å². The second-order valence-electron chi connectivity index (χ2n) is 5.37. The Bertz CT molecular complexity index is 576. The Morgan fingerprint density at radius 1 is 1.05 bits per heavy atom. The molecule has 0 fully saturated rings. The standard InChI is InChI=1S/C17H17BrCl2/c1-11(2)9-12-3-5-13(6-4-12)17(20)15-8-7-14(18)10-16(15)19/h3-8,10-11,17H,9H2,1-2H3. The van der Waals surface area contributed by atoms with Gasteiger partial charge in [-0.3, -0.25) is 0 Å². The number of hydrogen-bond acceptors (Lipinski definition) is 0. The van der Waals surface area contributed by atoms with Crippen LogP contribution in [0.4, 0.5) is 0 Å². The van der Waals surface area contributed by atoms with Crippen molar-refractivity contribution < 1.29 is 0 Å². The van der Waals surface area contributed by atoms with Crippen LogP contribution >= 0.6 is 39.1 Å². The molecule has 0 spiro atoms. The summed E-state index contributed by atoms with van der Waals surface area (Å²) in [6.45, 7) is 4.44. The van der Waals surface area contributed by atoms with Gasteiger partial charge in [0.2, 0.25) is 0 Å². The molecule has 2 rings (SSSR count). The van der Waals surface area contributed by atoms with Crippen molar-refractivity contribution in [1.29, 1.82) is 0 Å². The third-order valence-electron chi connectivity index (χ3n) is 3.15. The number of hydrogen-bond donors (Lipinski definition) is 0. The Balaban J connectivity index is 2.22. The molecular weight excluding hydrogens is 355 g/mol. The van der Waals surface area contributed by atoms with E-state index < -0.39 is 0 Å². The summed E-state index contributed by atoms with van der Waals surface area (Å²) >= 11 is 16.2. The van der Waals surface area contributed by atoms with Crippen LogP contribution in [-0.2, 0) is 6.42 Å². The van der Waals surface area contributed by atoms with Gasteiger partial charge in [0.1, 0.15) is 0 Å². The molecular formula is C17H17BrCl2. The lowest BCUT2D eigenvalue weighted by Crippen LogP contribution is -1.97. The molecule has 0 saturated heterocycles. The van der Waals surface area contributed by atoms with Crippen molar-refractivity contribution in [3.05, 3.63) is 68.7 Å². The first-order valence-corrected chi connectivity index (χ1v) is 8.26. The van der Waals surface area contributed by atoms with Crippen molar-refractivity contribution in [3.63, 3.8) is 0 Å². The molecule has 0 N–H and O–H groups in total. The van der Waals surface area contributed by atoms with Gasteiger partial charge in [-0.25, -0.2) is 0 Å². The molecule has 0 aromatic heterocycles. The van der Waals surface area contributed by atoms with E-state index in [1.807, 2.05) is 18.2 Å². The quantitative estimate of drug-likeness (QED) is 0.529. The first-order chi connectivity index (χ1) is 9.47. The van der Waals surface area contributed by atoms with E-state index in [2.05, 4.69) is 54.0 Å². The number of rotatable bonds is 4. The van der Waals surface area contributed by atoms with Crippen molar-refractivity contribution in [1.82, 2.24) is 0 Å². The van der Waals surface area contributed by atoms with Crippen LogP contribution in [-0.4, -0.2) is 0 Å². The van der Waals surface area contributed by atoms with Gasteiger partial charge in [-0.1, -0.05) is 71.7 Å². The highest BCUT2D eigenvalue weighted by Gasteiger charge is 2.14. The van der Waals surface area contributed by atoms with Crippen molar-refractivity contribution >= 4 is 39.1 Å². The summed E-state index contributed by atoms with van der Waals surface area (Å²) in [5.74, 6) is 0.661. The second-order valence-corrected chi connectivity index (χ2v) is 7.13. The minimum Gasteiger partial charge on any atom is -0.113 e. The van der Waals surface area contributed by atoms with Gasteiger partial charge in [0.25, 0.3) is 0 Å². The lowest BCUT2D eigenvalue weighted by atomic mass is 9.99. The molecule has 0 aliphatic rings. The van der Waals surface area contributed by atoms with E-state index in [0.717, 1.165) is 22.0 Å². The highest BCUT2D eigenvalue weighted by Crippen LogP contribution is 2.35. The predicted molar refractivity (Wildman–Crippen MR) is 91.8 cm³/mol. The molecule has 3 heteroatoms. The zero-order valence-electron chi connectivity index (χ0n) is 11.5. The average molecular weight is 372 g/mol. The minimum atomic E-state index is -0.219. The SMILES string of the molecule is CC(C)Cc1ccc(C(Cl)c2ccc(Br)cc2Cl)cc1. The van der Waals surface area contributed by atoms with Gasteiger partial charge in [0.05, 0.1) is 5.38 Å². The third kappa shape index (κ3) is 4.00. The molecule has 2 aromatic carbocycles. The Hall–Kier alpha value is -0.500. The largest absolute Gasteiger partial charge is 0.113 e. The molecule has 0 amide bonds. The van der Waals surface area contributed by atoms with Crippen LogP contribution in [0.2, 0.25) is 5.02 Å². The zero-order chi connectivity index (χ0) is 14.7. The molecule has 1 unspecified atom stereocenters. The van der Waals surface area contributed by atoms with Gasteiger partial charge < -0.3 is 0 Å². The molecule has 1 atom stereocenters. The molecule has 20 heavy (non-hydrogen) atoms. The van der Waals surface area contributed by atoms with Gasteiger partial charge in [-0.2, -0.15) is 0 Å². The van der Waals surface area contributed by atoms with Gasteiger partial charge in [0.15, 0.2) is 0 Å². The van der Waals surface area contributed by atoms with E-state index in [4.69, 9.17) is 23.2 Å². The summed E-state index contributed by atoms with van der Waals surface area (Å²) in [5.41, 5.74) is 3.35. The van der Waals surface area contributed by atoms with E-state index in [9.17, 15) is 0 Å². The fourth-order valence-electron chi connectivity index (χ4n) is 2.18. The van der Waals surface area contributed by atoms with Crippen molar-refractivity contribution in [2.75, 3.05) is 0 Å². The van der Waals surface area contributed by atoms with Crippen molar-refractivity contribution in [3.8, 4) is 0 Å². The van der Waals surface area contributed by atoms with E-state index in [1.54, 1.807) is 0 Å². The lowest BCUT2D eigenvalue weighted by molar-refractivity contribution is 0.647. The van der Waals surface area contributed by atoms with Crippen LogP contribution in [0.3, 0.4) is 0 Å². The summed E-state index contributed by atoms with van der Waals surface area (Å²) in [4.78, 5) is 0. The molecule has 0 heterocycles. The monoisotopic (exact) mass is 370 g/mol.